The van der Waals surface area contributed by atoms with Crippen molar-refractivity contribution in [3.63, 3.8) is 0 Å². The third-order valence-corrected chi connectivity index (χ3v) is 3.28. The predicted molar refractivity (Wildman–Crippen MR) is 67.5 cm³/mol. The summed E-state index contributed by atoms with van der Waals surface area (Å²) < 4.78 is 1.08. The summed E-state index contributed by atoms with van der Waals surface area (Å²) in [6, 6.07) is 0. The molecule has 84 valence electrons. The first kappa shape index (κ1) is 12.3. The Morgan fingerprint density at radius 1 is 1.20 bits per heavy atom. The van der Waals surface area contributed by atoms with Crippen LogP contribution in [0.4, 0.5) is 0 Å². The molecule has 0 N–H and O–H groups in total. The summed E-state index contributed by atoms with van der Waals surface area (Å²) in [4.78, 5) is 0. The average molecular weight is 206 g/mol. The zero-order valence-corrected chi connectivity index (χ0v) is 10.0. The fourth-order valence-electron chi connectivity index (χ4n) is 2.62. The van der Waals surface area contributed by atoms with Gasteiger partial charge in [-0.25, -0.2) is 0 Å². The zero-order chi connectivity index (χ0) is 11.1. The lowest BCUT2D eigenvalue weighted by Gasteiger charge is -2.41. The molecule has 1 fully saturated rings. The van der Waals surface area contributed by atoms with Gasteiger partial charge in [-0.3, -0.25) is 4.48 Å². The Bertz CT molecular complexity index is 240. The molecule has 0 unspecified atom stereocenters. The molecule has 1 saturated heterocycles. The second-order valence-corrected chi connectivity index (χ2v) is 4.37. The molecule has 15 heavy (non-hydrogen) atoms. The van der Waals surface area contributed by atoms with Crippen molar-refractivity contribution >= 4 is 0 Å². The summed E-state index contributed by atoms with van der Waals surface area (Å²) in [7, 11) is 0. The lowest BCUT2D eigenvalue weighted by molar-refractivity contribution is -0.886. The van der Waals surface area contributed by atoms with Gasteiger partial charge in [-0.15, -0.1) is 0 Å². The molecular formula is C14H24N+. The van der Waals surface area contributed by atoms with Gasteiger partial charge in [0.15, 0.2) is 0 Å². The van der Waals surface area contributed by atoms with Crippen molar-refractivity contribution in [2.45, 2.75) is 32.6 Å². The van der Waals surface area contributed by atoms with Crippen molar-refractivity contribution in [3.8, 4) is 0 Å². The van der Waals surface area contributed by atoms with E-state index in [1.54, 1.807) is 5.70 Å². The van der Waals surface area contributed by atoms with E-state index in [4.69, 9.17) is 0 Å². The van der Waals surface area contributed by atoms with Gasteiger partial charge in [-0.1, -0.05) is 20.1 Å². The maximum atomic E-state index is 3.90. The third-order valence-electron chi connectivity index (χ3n) is 3.28. The number of allylic oxidation sites excluding steroid dienone is 2. The molecule has 0 aliphatic carbocycles. The van der Waals surface area contributed by atoms with Crippen LogP contribution in [0.3, 0.4) is 0 Å². The van der Waals surface area contributed by atoms with E-state index in [1.807, 2.05) is 0 Å². The highest BCUT2D eigenvalue weighted by molar-refractivity contribution is 4.98. The first-order chi connectivity index (χ1) is 7.29. The number of quaternary nitrogens is 1. The number of hydrogen-bond donors (Lipinski definition) is 0. The van der Waals surface area contributed by atoms with Crippen molar-refractivity contribution in [1.82, 2.24) is 0 Å². The summed E-state index contributed by atoms with van der Waals surface area (Å²) in [5.41, 5.74) is 1.60. The quantitative estimate of drug-likeness (QED) is 0.476. The smallest absolute Gasteiger partial charge is 0.105 e. The van der Waals surface area contributed by atoms with Crippen molar-refractivity contribution in [2.24, 2.45) is 0 Å². The molecule has 1 aliphatic rings. The van der Waals surface area contributed by atoms with E-state index < -0.39 is 0 Å². The van der Waals surface area contributed by atoms with E-state index in [0.717, 1.165) is 24.0 Å². The van der Waals surface area contributed by atoms with Gasteiger partial charge >= 0.3 is 0 Å². The van der Waals surface area contributed by atoms with Gasteiger partial charge in [0, 0.05) is 6.42 Å². The number of nitrogens with zero attached hydrogens (tertiary/aromatic N) is 1. The highest BCUT2D eigenvalue weighted by Crippen LogP contribution is 2.29. The van der Waals surface area contributed by atoms with E-state index in [1.165, 1.54) is 25.8 Å². The molecule has 0 aromatic carbocycles. The topological polar surface area (TPSA) is 0 Å². The van der Waals surface area contributed by atoms with E-state index in [9.17, 15) is 0 Å². The standard InChI is InChI=1S/C14H24N/c1-4-9-14-10-7-8-13-15(14,11-5-2)12-6-3/h5-6,9H,2-4,7-8,10-13H2,1H3/q+1/b14-9+. The van der Waals surface area contributed by atoms with Crippen LogP contribution < -0.4 is 0 Å². The molecule has 0 aromatic rings. The van der Waals surface area contributed by atoms with Crippen molar-refractivity contribution < 1.29 is 4.48 Å². The van der Waals surface area contributed by atoms with Gasteiger partial charge in [0.25, 0.3) is 0 Å². The molecule has 0 aromatic heterocycles. The molecular weight excluding hydrogens is 182 g/mol. The maximum absolute atomic E-state index is 3.90. The van der Waals surface area contributed by atoms with Crippen LogP contribution >= 0.6 is 0 Å². The minimum atomic E-state index is 1.05. The van der Waals surface area contributed by atoms with Crippen LogP contribution in [0, 0.1) is 0 Å². The minimum absolute atomic E-state index is 1.05. The highest BCUT2D eigenvalue weighted by atomic mass is 15.4. The Hall–Kier alpha value is -0.820. The number of hydrogen-bond acceptors (Lipinski definition) is 0. The van der Waals surface area contributed by atoms with E-state index in [2.05, 4.69) is 38.3 Å². The molecule has 1 heterocycles. The summed E-state index contributed by atoms with van der Waals surface area (Å²) in [5.74, 6) is 0. The Labute approximate surface area is 94.4 Å². The number of rotatable bonds is 5. The number of piperidine rings is 1. The monoisotopic (exact) mass is 206 g/mol. The first-order valence-corrected chi connectivity index (χ1v) is 6.06. The Morgan fingerprint density at radius 2 is 1.87 bits per heavy atom. The first-order valence-electron chi connectivity index (χ1n) is 6.06. The van der Waals surface area contributed by atoms with E-state index in [0.29, 0.717) is 0 Å². The third kappa shape index (κ3) is 2.82. The molecule has 0 spiro atoms. The van der Waals surface area contributed by atoms with Crippen LogP contribution in [0.1, 0.15) is 32.6 Å². The number of likely N-dealkylation sites (tertiary alicyclic amines) is 1. The fourth-order valence-corrected chi connectivity index (χ4v) is 2.62. The Kier molecular flexibility index (Phi) is 4.83. The molecule has 1 rings (SSSR count). The van der Waals surface area contributed by atoms with Crippen molar-refractivity contribution in [2.75, 3.05) is 19.6 Å². The van der Waals surface area contributed by atoms with Crippen LogP contribution in [-0.4, -0.2) is 24.1 Å². The van der Waals surface area contributed by atoms with Gasteiger partial charge in [0.05, 0.1) is 6.54 Å². The predicted octanol–water partition coefficient (Wildman–Crippen LogP) is 3.65. The lowest BCUT2D eigenvalue weighted by Crippen LogP contribution is -2.49. The van der Waals surface area contributed by atoms with E-state index >= 15 is 0 Å². The summed E-state index contributed by atoms with van der Waals surface area (Å²) >= 11 is 0. The lowest BCUT2D eigenvalue weighted by atomic mass is 10.0. The van der Waals surface area contributed by atoms with Crippen LogP contribution in [0.2, 0.25) is 0 Å². The van der Waals surface area contributed by atoms with Gasteiger partial charge in [0.1, 0.15) is 18.8 Å². The molecule has 0 atom stereocenters. The van der Waals surface area contributed by atoms with Gasteiger partial charge in [-0.05, 0) is 37.5 Å². The van der Waals surface area contributed by atoms with Crippen molar-refractivity contribution in [1.29, 1.82) is 0 Å². The molecule has 1 heteroatoms. The van der Waals surface area contributed by atoms with E-state index in [-0.39, 0.29) is 0 Å². The SMILES string of the molecule is C=CC[N+]1(CC=C)CCCC/C1=C\CC. The van der Waals surface area contributed by atoms with Gasteiger partial charge in [0.2, 0.25) is 0 Å². The molecule has 0 saturated carbocycles. The Morgan fingerprint density at radius 3 is 2.40 bits per heavy atom. The highest BCUT2D eigenvalue weighted by Gasteiger charge is 2.32. The van der Waals surface area contributed by atoms with Crippen LogP contribution in [0.25, 0.3) is 0 Å². The van der Waals surface area contributed by atoms with Crippen LogP contribution in [-0.2, 0) is 0 Å². The average Bonchev–Trinajstić information content (AvgIpc) is 2.23. The van der Waals surface area contributed by atoms with Gasteiger partial charge in [-0.2, -0.15) is 0 Å². The van der Waals surface area contributed by atoms with Crippen molar-refractivity contribution in [3.05, 3.63) is 37.1 Å². The second-order valence-electron chi connectivity index (χ2n) is 4.37. The molecule has 1 aliphatic heterocycles. The molecule has 1 nitrogen and oxygen atoms in total. The second kappa shape index (κ2) is 5.92. The molecule has 0 radical (unpaired) electrons. The minimum Gasteiger partial charge on any atom is -0.289 e. The summed E-state index contributed by atoms with van der Waals surface area (Å²) in [6.45, 7) is 13.4. The largest absolute Gasteiger partial charge is 0.289 e. The van der Waals surface area contributed by atoms with Crippen LogP contribution in [0.5, 0.6) is 0 Å². The van der Waals surface area contributed by atoms with Crippen LogP contribution in [0.15, 0.2) is 37.1 Å². The van der Waals surface area contributed by atoms with Gasteiger partial charge < -0.3 is 0 Å². The Balaban J connectivity index is 2.92. The maximum Gasteiger partial charge on any atom is 0.105 e. The fraction of sp³-hybridized carbons (Fsp3) is 0.571. The zero-order valence-electron chi connectivity index (χ0n) is 10.0. The molecule has 0 bridgehead atoms. The molecule has 0 amide bonds. The normalized spacial score (nSPS) is 22.6. The summed E-state index contributed by atoms with van der Waals surface area (Å²) in [5, 5.41) is 0. The summed E-state index contributed by atoms with van der Waals surface area (Å²) in [6.07, 6.45) is 11.6.